The summed E-state index contributed by atoms with van der Waals surface area (Å²) in [6, 6.07) is 11.5. The van der Waals surface area contributed by atoms with Crippen molar-refractivity contribution in [1.82, 2.24) is 25.1 Å². The quantitative estimate of drug-likeness (QED) is 0.632. The lowest BCUT2D eigenvalue weighted by atomic mass is 10.2. The number of carbonyl (C=O) groups excluding carboxylic acids is 1. The summed E-state index contributed by atoms with van der Waals surface area (Å²) >= 11 is 1.35. The maximum Gasteiger partial charge on any atom is 0.230 e. The van der Waals surface area contributed by atoms with Crippen molar-refractivity contribution in [1.29, 1.82) is 0 Å². The lowest BCUT2D eigenvalue weighted by molar-refractivity contribution is -0.118. The second-order valence-electron chi connectivity index (χ2n) is 5.90. The van der Waals surface area contributed by atoms with E-state index in [0.717, 1.165) is 28.5 Å². The zero-order valence-corrected chi connectivity index (χ0v) is 16.3. The number of thioether (sulfide) groups is 1. The highest BCUT2D eigenvalue weighted by molar-refractivity contribution is 7.99. The van der Waals surface area contributed by atoms with Crippen molar-refractivity contribution >= 4 is 17.7 Å². The number of hydrogen-bond acceptors (Lipinski definition) is 6. The van der Waals surface area contributed by atoms with Crippen LogP contribution in [0.4, 0.5) is 0 Å². The van der Waals surface area contributed by atoms with Gasteiger partial charge in [-0.2, -0.15) is 0 Å². The zero-order valence-electron chi connectivity index (χ0n) is 15.5. The normalized spacial score (nSPS) is 10.6. The maximum absolute atomic E-state index is 12.2. The van der Waals surface area contributed by atoms with Crippen molar-refractivity contribution in [2.75, 3.05) is 12.9 Å². The summed E-state index contributed by atoms with van der Waals surface area (Å²) in [4.78, 5) is 16.5. The molecule has 2 heterocycles. The number of ether oxygens (including phenoxy) is 1. The first-order chi connectivity index (χ1) is 13.1. The monoisotopic (exact) mass is 383 g/mol. The molecule has 0 saturated carbocycles. The molecule has 8 heteroatoms. The van der Waals surface area contributed by atoms with Gasteiger partial charge < -0.3 is 10.1 Å². The van der Waals surface area contributed by atoms with Gasteiger partial charge in [-0.3, -0.25) is 14.3 Å². The Morgan fingerprint density at radius 2 is 1.96 bits per heavy atom. The van der Waals surface area contributed by atoms with Gasteiger partial charge in [-0.1, -0.05) is 17.8 Å². The van der Waals surface area contributed by atoms with Gasteiger partial charge in [0, 0.05) is 11.9 Å². The Hall–Kier alpha value is -2.87. The molecule has 3 aromatic rings. The van der Waals surface area contributed by atoms with Crippen LogP contribution in [0.5, 0.6) is 5.75 Å². The van der Waals surface area contributed by atoms with Crippen LogP contribution >= 0.6 is 11.8 Å². The molecule has 0 aliphatic carbocycles. The van der Waals surface area contributed by atoms with Gasteiger partial charge in [0.2, 0.25) is 5.91 Å². The lowest BCUT2D eigenvalue weighted by Crippen LogP contribution is -2.25. The van der Waals surface area contributed by atoms with Crippen LogP contribution in [0.15, 0.2) is 47.8 Å². The highest BCUT2D eigenvalue weighted by Gasteiger charge is 2.13. The first-order valence-corrected chi connectivity index (χ1v) is 9.43. The molecule has 1 amide bonds. The summed E-state index contributed by atoms with van der Waals surface area (Å²) in [5, 5.41) is 11.9. The number of aryl methyl sites for hydroxylation is 2. The molecular weight excluding hydrogens is 362 g/mol. The molecule has 0 bridgehead atoms. The van der Waals surface area contributed by atoms with E-state index in [1.807, 2.05) is 54.8 Å². The topological polar surface area (TPSA) is 81.9 Å². The van der Waals surface area contributed by atoms with Gasteiger partial charge >= 0.3 is 0 Å². The molecule has 0 saturated heterocycles. The molecule has 2 aromatic heterocycles. The molecule has 7 nitrogen and oxygen atoms in total. The molecule has 27 heavy (non-hydrogen) atoms. The van der Waals surface area contributed by atoms with Gasteiger partial charge in [0.25, 0.3) is 0 Å². The standard InChI is InChI=1S/C19H21N5O2S/c1-13-5-4-10-20-17(13)11-21-18(25)12-27-19-23-22-14(2)24(19)15-6-8-16(26-3)9-7-15/h4-10H,11-12H2,1-3H3,(H,21,25). The van der Waals surface area contributed by atoms with Crippen LogP contribution in [0.1, 0.15) is 17.1 Å². The fourth-order valence-corrected chi connectivity index (χ4v) is 3.36. The van der Waals surface area contributed by atoms with Crippen molar-refractivity contribution in [2.24, 2.45) is 0 Å². The van der Waals surface area contributed by atoms with Crippen LogP contribution in [0.2, 0.25) is 0 Å². The molecule has 0 atom stereocenters. The van der Waals surface area contributed by atoms with Crippen molar-refractivity contribution in [3.63, 3.8) is 0 Å². The smallest absolute Gasteiger partial charge is 0.230 e. The van der Waals surface area contributed by atoms with Gasteiger partial charge in [0.05, 0.1) is 25.1 Å². The fraction of sp³-hybridized carbons (Fsp3) is 0.263. The van der Waals surface area contributed by atoms with E-state index in [4.69, 9.17) is 4.74 Å². The molecule has 0 aliphatic rings. The average Bonchev–Trinajstić information content (AvgIpc) is 3.06. The van der Waals surface area contributed by atoms with Crippen molar-refractivity contribution in [3.8, 4) is 11.4 Å². The number of nitrogens with one attached hydrogen (secondary N) is 1. The third-order valence-corrected chi connectivity index (χ3v) is 4.96. The highest BCUT2D eigenvalue weighted by Crippen LogP contribution is 2.23. The maximum atomic E-state index is 12.2. The fourth-order valence-electron chi connectivity index (χ4n) is 2.53. The Labute approximate surface area is 162 Å². The van der Waals surface area contributed by atoms with Crippen LogP contribution < -0.4 is 10.1 Å². The molecular formula is C19H21N5O2S. The van der Waals surface area contributed by atoms with E-state index in [2.05, 4.69) is 20.5 Å². The molecule has 0 unspecified atom stereocenters. The number of carbonyl (C=O) groups is 1. The van der Waals surface area contributed by atoms with Crippen molar-refractivity contribution in [2.45, 2.75) is 25.5 Å². The van der Waals surface area contributed by atoms with Gasteiger partial charge in [0.1, 0.15) is 11.6 Å². The minimum absolute atomic E-state index is 0.0769. The Morgan fingerprint density at radius 3 is 2.67 bits per heavy atom. The third kappa shape index (κ3) is 4.65. The summed E-state index contributed by atoms with van der Waals surface area (Å²) in [5.41, 5.74) is 2.85. The van der Waals surface area contributed by atoms with Gasteiger partial charge in [-0.05, 0) is 49.7 Å². The Kier molecular flexibility index (Phi) is 6.08. The van der Waals surface area contributed by atoms with E-state index in [9.17, 15) is 4.79 Å². The molecule has 0 aliphatic heterocycles. The molecule has 0 spiro atoms. The summed E-state index contributed by atoms with van der Waals surface area (Å²) in [5.74, 6) is 1.71. The van der Waals surface area contributed by atoms with E-state index >= 15 is 0 Å². The average molecular weight is 383 g/mol. The van der Waals surface area contributed by atoms with Gasteiger partial charge in [0.15, 0.2) is 5.16 Å². The van der Waals surface area contributed by atoms with E-state index in [-0.39, 0.29) is 11.7 Å². The van der Waals surface area contributed by atoms with Gasteiger partial charge in [-0.25, -0.2) is 0 Å². The highest BCUT2D eigenvalue weighted by atomic mass is 32.2. The number of rotatable bonds is 7. The largest absolute Gasteiger partial charge is 0.497 e. The van der Waals surface area contributed by atoms with Crippen molar-refractivity contribution < 1.29 is 9.53 Å². The lowest BCUT2D eigenvalue weighted by Gasteiger charge is -2.10. The third-order valence-electron chi connectivity index (χ3n) is 4.03. The Morgan fingerprint density at radius 1 is 1.19 bits per heavy atom. The number of nitrogens with zero attached hydrogens (tertiary/aromatic N) is 4. The zero-order chi connectivity index (χ0) is 19.2. The number of pyridine rings is 1. The van der Waals surface area contributed by atoms with Crippen LogP contribution in [0, 0.1) is 13.8 Å². The molecule has 0 fully saturated rings. The number of aromatic nitrogens is 4. The van der Waals surface area contributed by atoms with Crippen LogP contribution in [0.3, 0.4) is 0 Å². The summed E-state index contributed by atoms with van der Waals surface area (Å²) in [7, 11) is 1.63. The second kappa shape index (κ2) is 8.68. The first-order valence-electron chi connectivity index (χ1n) is 8.45. The van der Waals surface area contributed by atoms with Gasteiger partial charge in [-0.15, -0.1) is 10.2 Å². The minimum atomic E-state index is -0.0769. The SMILES string of the molecule is COc1ccc(-n2c(C)nnc2SCC(=O)NCc2ncccc2C)cc1. The van der Waals surface area contributed by atoms with E-state index in [0.29, 0.717) is 11.7 Å². The van der Waals surface area contributed by atoms with Crippen LogP contribution in [0.25, 0.3) is 5.69 Å². The predicted molar refractivity (Wildman–Crippen MR) is 104 cm³/mol. The summed E-state index contributed by atoms with van der Waals surface area (Å²) < 4.78 is 7.11. The minimum Gasteiger partial charge on any atom is -0.497 e. The number of methoxy groups -OCH3 is 1. The van der Waals surface area contributed by atoms with E-state index in [1.165, 1.54) is 11.8 Å². The number of amides is 1. The summed E-state index contributed by atoms with van der Waals surface area (Å²) in [6.07, 6.45) is 1.73. The Bertz CT molecular complexity index is 924. The van der Waals surface area contributed by atoms with Crippen molar-refractivity contribution in [3.05, 3.63) is 59.7 Å². The molecule has 1 aromatic carbocycles. The number of benzene rings is 1. The molecule has 140 valence electrons. The molecule has 0 radical (unpaired) electrons. The van der Waals surface area contributed by atoms with E-state index < -0.39 is 0 Å². The van der Waals surface area contributed by atoms with Crippen LogP contribution in [-0.2, 0) is 11.3 Å². The van der Waals surface area contributed by atoms with E-state index in [1.54, 1.807) is 13.3 Å². The Balaban J connectivity index is 1.62. The predicted octanol–water partition coefficient (Wildman–Crippen LogP) is 2.70. The number of hydrogen-bond donors (Lipinski definition) is 1. The molecule has 1 N–H and O–H groups in total. The van der Waals surface area contributed by atoms with Crippen LogP contribution in [-0.4, -0.2) is 38.5 Å². The second-order valence-corrected chi connectivity index (χ2v) is 6.84. The first kappa shape index (κ1) is 18.9. The molecule has 3 rings (SSSR count). The summed E-state index contributed by atoms with van der Waals surface area (Å²) in [6.45, 7) is 4.27.